The Bertz CT molecular complexity index is 383. The third-order valence-electron chi connectivity index (χ3n) is 1.60. The number of rotatable bonds is 5. The number of oxazole rings is 1. The number of sulfone groups is 1. The molecule has 1 aromatic rings. The fraction of sp³-hybridized carbons (Fsp3) is 0.625. The molecule has 0 bridgehead atoms. The summed E-state index contributed by atoms with van der Waals surface area (Å²) in [4.78, 5) is 3.95. The van der Waals surface area contributed by atoms with Crippen LogP contribution in [-0.2, 0) is 22.0 Å². The Labute approximate surface area is 83.2 Å². The average Bonchev–Trinajstić information content (AvgIpc) is 2.46. The highest BCUT2D eigenvalue weighted by molar-refractivity contribution is 7.89. The molecule has 0 aromatic carbocycles. The minimum atomic E-state index is -3.04. The molecule has 5 nitrogen and oxygen atoms in total. The van der Waals surface area contributed by atoms with Crippen molar-refractivity contribution in [2.24, 2.45) is 5.73 Å². The summed E-state index contributed by atoms with van der Waals surface area (Å²) in [5, 5.41) is 0. The van der Waals surface area contributed by atoms with Crippen molar-refractivity contribution >= 4 is 9.84 Å². The quantitative estimate of drug-likeness (QED) is 0.758. The van der Waals surface area contributed by atoms with Crippen molar-refractivity contribution in [1.29, 1.82) is 0 Å². The molecule has 80 valence electrons. The largest absolute Gasteiger partial charge is 0.445 e. The second-order valence-corrected chi connectivity index (χ2v) is 5.32. The van der Waals surface area contributed by atoms with E-state index >= 15 is 0 Å². The monoisotopic (exact) mass is 218 g/mol. The number of hydrogen-bond acceptors (Lipinski definition) is 5. The average molecular weight is 218 g/mol. The minimum absolute atomic E-state index is 0.0946. The normalized spacial score (nSPS) is 11.9. The highest BCUT2D eigenvalue weighted by Crippen LogP contribution is 2.08. The van der Waals surface area contributed by atoms with Crippen molar-refractivity contribution in [1.82, 2.24) is 4.98 Å². The van der Waals surface area contributed by atoms with E-state index in [1.54, 1.807) is 0 Å². The first-order chi connectivity index (χ1) is 6.51. The highest BCUT2D eigenvalue weighted by Gasteiger charge is 2.09. The first kappa shape index (κ1) is 11.2. The molecule has 0 fully saturated rings. The van der Waals surface area contributed by atoms with Crippen molar-refractivity contribution < 1.29 is 12.8 Å². The molecule has 6 heteroatoms. The van der Waals surface area contributed by atoms with Crippen molar-refractivity contribution in [2.45, 2.75) is 18.6 Å². The fourth-order valence-corrected chi connectivity index (χ4v) is 1.69. The lowest BCUT2D eigenvalue weighted by atomic mass is 10.3. The van der Waals surface area contributed by atoms with E-state index in [0.29, 0.717) is 24.6 Å². The fourth-order valence-electron chi connectivity index (χ4n) is 1.04. The van der Waals surface area contributed by atoms with E-state index in [9.17, 15) is 8.42 Å². The Hall–Kier alpha value is -0.880. The number of hydrogen-bond donors (Lipinski definition) is 1. The van der Waals surface area contributed by atoms with Gasteiger partial charge in [-0.25, -0.2) is 13.4 Å². The Morgan fingerprint density at radius 2 is 2.29 bits per heavy atom. The molecule has 1 rings (SSSR count). The van der Waals surface area contributed by atoms with E-state index in [1.165, 1.54) is 6.20 Å². The number of nitrogens with zero attached hydrogens (tertiary/aromatic N) is 1. The van der Waals surface area contributed by atoms with Crippen LogP contribution in [0.15, 0.2) is 10.6 Å². The second kappa shape index (κ2) is 4.56. The third kappa shape index (κ3) is 3.89. The van der Waals surface area contributed by atoms with Crippen LogP contribution in [0.2, 0.25) is 0 Å². The molecule has 2 N–H and O–H groups in total. The summed E-state index contributed by atoms with van der Waals surface area (Å²) in [7, 11) is -3.04. The molecule has 0 aliphatic rings. The first-order valence-electron chi connectivity index (χ1n) is 4.32. The molecule has 0 unspecified atom stereocenters. The SMILES string of the molecule is CS(=O)(=O)Cc1cnc(CCCN)o1. The zero-order chi connectivity index (χ0) is 10.6. The van der Waals surface area contributed by atoms with Crippen LogP contribution in [0.5, 0.6) is 0 Å². The summed E-state index contributed by atoms with van der Waals surface area (Å²) in [6.07, 6.45) is 4.06. The summed E-state index contributed by atoms with van der Waals surface area (Å²) in [6.45, 7) is 0.573. The lowest BCUT2D eigenvalue weighted by Crippen LogP contribution is -2.00. The van der Waals surface area contributed by atoms with Crippen LogP contribution in [0.3, 0.4) is 0 Å². The van der Waals surface area contributed by atoms with Gasteiger partial charge in [-0.1, -0.05) is 0 Å². The van der Waals surface area contributed by atoms with Gasteiger partial charge >= 0.3 is 0 Å². The van der Waals surface area contributed by atoms with Crippen molar-refractivity contribution in [2.75, 3.05) is 12.8 Å². The van der Waals surface area contributed by atoms with Gasteiger partial charge in [0, 0.05) is 12.7 Å². The second-order valence-electron chi connectivity index (χ2n) is 3.18. The minimum Gasteiger partial charge on any atom is -0.445 e. The van der Waals surface area contributed by atoms with Crippen LogP contribution in [0.25, 0.3) is 0 Å². The van der Waals surface area contributed by atoms with Crippen molar-refractivity contribution in [3.63, 3.8) is 0 Å². The standard InChI is InChI=1S/C8H14N2O3S/c1-14(11,12)6-7-5-10-8(13-7)3-2-4-9/h5H,2-4,6,9H2,1H3. The van der Waals surface area contributed by atoms with Crippen LogP contribution in [0, 0.1) is 0 Å². The van der Waals surface area contributed by atoms with Gasteiger partial charge in [-0.15, -0.1) is 0 Å². The van der Waals surface area contributed by atoms with E-state index in [0.717, 1.165) is 12.7 Å². The lowest BCUT2D eigenvalue weighted by Gasteiger charge is -1.93. The molecular formula is C8H14N2O3S. The van der Waals surface area contributed by atoms with E-state index in [-0.39, 0.29) is 5.75 Å². The molecule has 0 aliphatic carbocycles. The molecule has 1 heterocycles. The molecule has 0 aliphatic heterocycles. The molecule has 14 heavy (non-hydrogen) atoms. The first-order valence-corrected chi connectivity index (χ1v) is 6.38. The molecule has 0 spiro atoms. The van der Waals surface area contributed by atoms with Gasteiger partial charge in [0.05, 0.1) is 6.20 Å². The van der Waals surface area contributed by atoms with Crippen LogP contribution in [0.4, 0.5) is 0 Å². The van der Waals surface area contributed by atoms with Gasteiger partial charge in [0.15, 0.2) is 15.7 Å². The summed E-state index contributed by atoms with van der Waals surface area (Å²) in [6, 6.07) is 0. The van der Waals surface area contributed by atoms with Gasteiger partial charge in [0.25, 0.3) is 0 Å². The van der Waals surface area contributed by atoms with Crippen LogP contribution in [-0.4, -0.2) is 26.2 Å². The van der Waals surface area contributed by atoms with E-state index in [2.05, 4.69) is 4.98 Å². The number of aromatic nitrogens is 1. The molecule has 0 radical (unpaired) electrons. The number of nitrogens with two attached hydrogens (primary N) is 1. The van der Waals surface area contributed by atoms with Crippen LogP contribution >= 0.6 is 0 Å². The summed E-state index contributed by atoms with van der Waals surface area (Å²) in [5.74, 6) is 0.844. The van der Waals surface area contributed by atoms with Gasteiger partial charge in [-0.2, -0.15) is 0 Å². The van der Waals surface area contributed by atoms with Crippen LogP contribution in [0.1, 0.15) is 18.1 Å². The maximum Gasteiger partial charge on any atom is 0.194 e. The van der Waals surface area contributed by atoms with Crippen molar-refractivity contribution in [3.8, 4) is 0 Å². The van der Waals surface area contributed by atoms with E-state index in [4.69, 9.17) is 10.2 Å². The van der Waals surface area contributed by atoms with E-state index in [1.807, 2.05) is 0 Å². The Balaban J connectivity index is 2.59. The van der Waals surface area contributed by atoms with Gasteiger partial charge in [-0.3, -0.25) is 0 Å². The molecule has 1 aromatic heterocycles. The predicted molar refractivity (Wildman–Crippen MR) is 52.4 cm³/mol. The van der Waals surface area contributed by atoms with Gasteiger partial charge in [0.2, 0.25) is 0 Å². The van der Waals surface area contributed by atoms with Crippen LogP contribution < -0.4 is 5.73 Å². The third-order valence-corrected chi connectivity index (χ3v) is 2.41. The van der Waals surface area contributed by atoms with Gasteiger partial charge in [0.1, 0.15) is 11.5 Å². The Morgan fingerprint density at radius 3 is 2.86 bits per heavy atom. The molecular weight excluding hydrogens is 204 g/mol. The topological polar surface area (TPSA) is 86.2 Å². The molecule has 0 saturated carbocycles. The van der Waals surface area contributed by atoms with Gasteiger partial charge < -0.3 is 10.2 Å². The lowest BCUT2D eigenvalue weighted by molar-refractivity contribution is 0.460. The summed E-state index contributed by atoms with van der Waals surface area (Å²) < 4.78 is 27.0. The highest BCUT2D eigenvalue weighted by atomic mass is 32.2. The predicted octanol–water partition coefficient (Wildman–Crippen LogP) is 0.111. The zero-order valence-electron chi connectivity index (χ0n) is 8.06. The Morgan fingerprint density at radius 1 is 1.57 bits per heavy atom. The maximum absolute atomic E-state index is 10.9. The molecule has 0 saturated heterocycles. The Kier molecular flexibility index (Phi) is 3.65. The maximum atomic E-state index is 10.9. The molecule has 0 atom stereocenters. The summed E-state index contributed by atoms with van der Waals surface area (Å²) in [5.41, 5.74) is 5.32. The van der Waals surface area contributed by atoms with Crippen molar-refractivity contribution in [3.05, 3.63) is 17.8 Å². The number of aryl methyl sites for hydroxylation is 1. The van der Waals surface area contributed by atoms with E-state index < -0.39 is 9.84 Å². The smallest absolute Gasteiger partial charge is 0.194 e. The summed E-state index contributed by atoms with van der Waals surface area (Å²) >= 11 is 0. The van der Waals surface area contributed by atoms with Gasteiger partial charge in [-0.05, 0) is 13.0 Å². The zero-order valence-corrected chi connectivity index (χ0v) is 8.88. The molecule has 0 amide bonds.